The van der Waals surface area contributed by atoms with Gasteiger partial charge in [-0.05, 0) is 43.8 Å². The summed E-state index contributed by atoms with van der Waals surface area (Å²) >= 11 is 1.36. The lowest BCUT2D eigenvalue weighted by molar-refractivity contribution is -0.123. The Morgan fingerprint density at radius 1 is 1.18 bits per heavy atom. The third kappa shape index (κ3) is 5.82. The largest absolute Gasteiger partial charge is 0.373 e. The molecule has 0 radical (unpaired) electrons. The lowest BCUT2D eigenvalue weighted by atomic mass is 10.0. The summed E-state index contributed by atoms with van der Waals surface area (Å²) in [6, 6.07) is 11.1. The first kappa shape index (κ1) is 23.5. The van der Waals surface area contributed by atoms with Gasteiger partial charge in [0.2, 0.25) is 5.91 Å². The van der Waals surface area contributed by atoms with E-state index in [0.29, 0.717) is 17.8 Å². The molecule has 2 aromatic heterocycles. The molecule has 1 fully saturated rings. The van der Waals surface area contributed by atoms with Crippen LogP contribution < -0.4 is 10.6 Å². The highest BCUT2D eigenvalue weighted by atomic mass is 32.1. The van der Waals surface area contributed by atoms with Gasteiger partial charge in [-0.3, -0.25) is 14.5 Å². The second kappa shape index (κ2) is 10.5. The number of nitrogens with zero attached hydrogens (tertiary/aromatic N) is 1. The molecular weight excluding hydrogens is 436 g/mol. The van der Waals surface area contributed by atoms with Gasteiger partial charge in [0, 0.05) is 49.2 Å². The highest BCUT2D eigenvalue weighted by Gasteiger charge is 2.28. The Bertz CT molecular complexity index is 1070. The van der Waals surface area contributed by atoms with Gasteiger partial charge in [0.05, 0.1) is 17.1 Å². The quantitative estimate of drug-likeness (QED) is 0.474. The molecule has 4 unspecified atom stereocenters. The summed E-state index contributed by atoms with van der Waals surface area (Å²) in [6.07, 6.45) is 2.67. The predicted octanol–water partition coefficient (Wildman–Crippen LogP) is 3.18. The second-order valence-corrected chi connectivity index (χ2v) is 9.82. The fourth-order valence-corrected chi connectivity index (χ4v) is 5.07. The molecule has 1 aliphatic rings. The minimum absolute atomic E-state index is 0.171. The molecular formula is C25H32N4O3S. The van der Waals surface area contributed by atoms with Crippen LogP contribution in [0.4, 0.5) is 0 Å². The molecule has 1 aliphatic heterocycles. The van der Waals surface area contributed by atoms with E-state index in [1.54, 1.807) is 6.07 Å². The summed E-state index contributed by atoms with van der Waals surface area (Å²) in [5.74, 6) is -0.403. The van der Waals surface area contributed by atoms with Crippen molar-refractivity contribution in [2.75, 3.05) is 19.6 Å². The molecule has 4 rings (SSSR count). The van der Waals surface area contributed by atoms with Crippen LogP contribution in [0, 0.1) is 0 Å². The highest BCUT2D eigenvalue weighted by molar-refractivity contribution is 7.12. The average Bonchev–Trinajstić information content (AvgIpc) is 3.47. The van der Waals surface area contributed by atoms with Crippen LogP contribution in [-0.4, -0.2) is 65.6 Å². The zero-order chi connectivity index (χ0) is 23.4. The lowest BCUT2D eigenvalue weighted by Crippen LogP contribution is -2.54. The number of aromatic nitrogens is 1. The van der Waals surface area contributed by atoms with E-state index in [2.05, 4.69) is 41.3 Å². The third-order valence-corrected chi connectivity index (χ3v) is 6.98. The molecule has 3 aromatic rings. The SMILES string of the molecule is CC1CN(C(C)CNC(=O)C(Cc2c[nH]c3ccccc23)NC(=O)c2cccs2)CC(C)O1. The Labute approximate surface area is 198 Å². The minimum atomic E-state index is -0.673. The van der Waals surface area contributed by atoms with Crippen LogP contribution in [0.3, 0.4) is 0 Å². The number of thiophene rings is 1. The van der Waals surface area contributed by atoms with Crippen LogP contribution in [0.15, 0.2) is 48.0 Å². The number of aromatic amines is 1. The van der Waals surface area contributed by atoms with Gasteiger partial charge in [-0.25, -0.2) is 0 Å². The van der Waals surface area contributed by atoms with Crippen LogP contribution >= 0.6 is 11.3 Å². The van der Waals surface area contributed by atoms with Gasteiger partial charge in [0.1, 0.15) is 6.04 Å². The molecule has 176 valence electrons. The number of benzene rings is 1. The average molecular weight is 469 g/mol. The first-order valence-electron chi connectivity index (χ1n) is 11.5. The molecule has 3 N–H and O–H groups in total. The maximum absolute atomic E-state index is 13.3. The van der Waals surface area contributed by atoms with Crippen molar-refractivity contribution >= 4 is 34.1 Å². The van der Waals surface area contributed by atoms with Gasteiger partial charge in [-0.2, -0.15) is 0 Å². The molecule has 2 amide bonds. The van der Waals surface area contributed by atoms with Crippen LogP contribution in [0.25, 0.3) is 10.9 Å². The summed E-state index contributed by atoms with van der Waals surface area (Å²) in [6.45, 7) is 8.46. The highest BCUT2D eigenvalue weighted by Crippen LogP contribution is 2.20. The van der Waals surface area contributed by atoms with Gasteiger partial charge in [-0.1, -0.05) is 24.3 Å². The maximum atomic E-state index is 13.3. The molecule has 1 aromatic carbocycles. The van der Waals surface area contributed by atoms with E-state index in [1.807, 2.05) is 41.9 Å². The standard InChI is InChI=1S/C25H32N4O3S/c1-16(29-14-17(2)32-18(3)15-29)12-27-24(30)22(28-25(31)23-9-6-10-33-23)11-19-13-26-21-8-5-4-7-20(19)21/h4-10,13,16-18,22,26H,11-12,14-15H2,1-3H3,(H,27,30)(H,28,31). The molecule has 33 heavy (non-hydrogen) atoms. The zero-order valence-electron chi connectivity index (χ0n) is 19.3. The van der Waals surface area contributed by atoms with Crippen molar-refractivity contribution in [1.82, 2.24) is 20.5 Å². The van der Waals surface area contributed by atoms with Gasteiger partial charge in [-0.15, -0.1) is 11.3 Å². The number of H-pyrrole nitrogens is 1. The van der Waals surface area contributed by atoms with Crippen molar-refractivity contribution in [2.45, 2.75) is 51.5 Å². The molecule has 3 heterocycles. The Morgan fingerprint density at radius 2 is 1.94 bits per heavy atom. The normalized spacial score (nSPS) is 20.9. The third-order valence-electron chi connectivity index (χ3n) is 6.11. The molecule has 0 bridgehead atoms. The van der Waals surface area contributed by atoms with Crippen LogP contribution in [0.5, 0.6) is 0 Å². The molecule has 8 heteroatoms. The second-order valence-electron chi connectivity index (χ2n) is 8.87. The fourth-order valence-electron chi connectivity index (χ4n) is 4.44. The summed E-state index contributed by atoms with van der Waals surface area (Å²) in [5.41, 5.74) is 2.02. The Morgan fingerprint density at radius 3 is 2.67 bits per heavy atom. The number of morpholine rings is 1. The number of amides is 2. The van der Waals surface area contributed by atoms with E-state index in [0.717, 1.165) is 29.6 Å². The van der Waals surface area contributed by atoms with Crippen molar-refractivity contribution in [2.24, 2.45) is 0 Å². The molecule has 1 saturated heterocycles. The summed E-state index contributed by atoms with van der Waals surface area (Å²) in [7, 11) is 0. The van der Waals surface area contributed by atoms with Gasteiger partial charge < -0.3 is 20.4 Å². The molecule has 0 spiro atoms. The maximum Gasteiger partial charge on any atom is 0.262 e. The topological polar surface area (TPSA) is 86.5 Å². The number of hydrogen-bond donors (Lipinski definition) is 3. The zero-order valence-corrected chi connectivity index (χ0v) is 20.2. The van der Waals surface area contributed by atoms with E-state index in [9.17, 15) is 9.59 Å². The molecule has 4 atom stereocenters. The summed E-state index contributed by atoms with van der Waals surface area (Å²) in [5, 5.41) is 8.95. The van der Waals surface area contributed by atoms with Gasteiger partial charge >= 0.3 is 0 Å². The number of nitrogens with one attached hydrogen (secondary N) is 3. The number of ether oxygens (including phenoxy) is 1. The number of carbonyl (C=O) groups is 2. The summed E-state index contributed by atoms with van der Waals surface area (Å²) in [4.78, 5) is 32.2. The van der Waals surface area contributed by atoms with E-state index in [-0.39, 0.29) is 30.1 Å². The number of para-hydroxylation sites is 1. The van der Waals surface area contributed by atoms with Crippen LogP contribution in [-0.2, 0) is 16.0 Å². The van der Waals surface area contributed by atoms with Crippen molar-refractivity contribution in [3.8, 4) is 0 Å². The van der Waals surface area contributed by atoms with Crippen LogP contribution in [0.2, 0.25) is 0 Å². The molecule has 7 nitrogen and oxygen atoms in total. The van der Waals surface area contributed by atoms with Gasteiger partial charge in [0.25, 0.3) is 5.91 Å². The number of fused-ring (bicyclic) bond motifs is 1. The monoisotopic (exact) mass is 468 g/mol. The van der Waals surface area contributed by atoms with Crippen molar-refractivity contribution in [3.63, 3.8) is 0 Å². The molecule has 0 aliphatic carbocycles. The fraction of sp³-hybridized carbons (Fsp3) is 0.440. The summed E-state index contributed by atoms with van der Waals surface area (Å²) < 4.78 is 5.82. The van der Waals surface area contributed by atoms with E-state index in [4.69, 9.17) is 4.74 Å². The lowest BCUT2D eigenvalue weighted by Gasteiger charge is -2.39. The number of carbonyl (C=O) groups excluding carboxylic acids is 2. The Hall–Kier alpha value is -2.68. The van der Waals surface area contributed by atoms with Crippen molar-refractivity contribution in [1.29, 1.82) is 0 Å². The van der Waals surface area contributed by atoms with Crippen LogP contribution in [0.1, 0.15) is 36.0 Å². The first-order chi connectivity index (χ1) is 15.9. The smallest absolute Gasteiger partial charge is 0.262 e. The first-order valence-corrected chi connectivity index (χ1v) is 12.3. The Kier molecular flexibility index (Phi) is 7.47. The van der Waals surface area contributed by atoms with Crippen molar-refractivity contribution in [3.05, 3.63) is 58.4 Å². The number of hydrogen-bond acceptors (Lipinski definition) is 5. The van der Waals surface area contributed by atoms with Crippen molar-refractivity contribution < 1.29 is 14.3 Å². The Balaban J connectivity index is 1.45. The van der Waals surface area contributed by atoms with E-state index in [1.165, 1.54) is 11.3 Å². The van der Waals surface area contributed by atoms with Gasteiger partial charge in [0.15, 0.2) is 0 Å². The van der Waals surface area contributed by atoms with E-state index < -0.39 is 6.04 Å². The van der Waals surface area contributed by atoms with E-state index >= 15 is 0 Å². The predicted molar refractivity (Wildman–Crippen MR) is 132 cm³/mol. The molecule has 0 saturated carbocycles. The minimum Gasteiger partial charge on any atom is -0.373 e. The number of rotatable bonds is 8.